The summed E-state index contributed by atoms with van der Waals surface area (Å²) in [5.41, 5.74) is 1.58. The van der Waals surface area contributed by atoms with Gasteiger partial charge in [0.25, 0.3) is 5.91 Å². The SMILES string of the molecule is CC(C)Cc1nc(CS(=O)(=O)Cc2cccc(C(=O)Nc3ccccc3)c2)no1. The van der Waals surface area contributed by atoms with E-state index < -0.39 is 9.84 Å². The highest BCUT2D eigenvalue weighted by atomic mass is 32.2. The van der Waals surface area contributed by atoms with Crippen molar-refractivity contribution >= 4 is 21.4 Å². The normalized spacial score (nSPS) is 11.6. The first kappa shape index (κ1) is 20.7. The van der Waals surface area contributed by atoms with Crippen LogP contribution in [0.5, 0.6) is 0 Å². The highest BCUT2D eigenvalue weighted by Crippen LogP contribution is 2.15. The van der Waals surface area contributed by atoms with Gasteiger partial charge in [-0.1, -0.05) is 49.3 Å². The Labute approximate surface area is 170 Å². The molecule has 0 bridgehead atoms. The number of nitrogens with zero attached hydrogens (tertiary/aromatic N) is 2. The predicted octanol–water partition coefficient (Wildman–Crippen LogP) is 3.64. The first-order valence-corrected chi connectivity index (χ1v) is 11.1. The van der Waals surface area contributed by atoms with Gasteiger partial charge in [0.15, 0.2) is 15.7 Å². The molecule has 0 saturated carbocycles. The van der Waals surface area contributed by atoms with E-state index in [0.29, 0.717) is 35.0 Å². The zero-order valence-corrected chi connectivity index (χ0v) is 17.1. The van der Waals surface area contributed by atoms with Gasteiger partial charge in [0.1, 0.15) is 5.75 Å². The van der Waals surface area contributed by atoms with Crippen LogP contribution in [-0.2, 0) is 27.8 Å². The van der Waals surface area contributed by atoms with Crippen LogP contribution >= 0.6 is 0 Å². The number of sulfone groups is 1. The number of anilines is 1. The van der Waals surface area contributed by atoms with Crippen molar-refractivity contribution in [3.8, 4) is 0 Å². The number of carbonyl (C=O) groups excluding carboxylic acids is 1. The highest BCUT2D eigenvalue weighted by molar-refractivity contribution is 7.89. The van der Waals surface area contributed by atoms with E-state index in [9.17, 15) is 13.2 Å². The van der Waals surface area contributed by atoms with E-state index in [1.54, 1.807) is 36.4 Å². The summed E-state index contributed by atoms with van der Waals surface area (Å²) in [6.45, 7) is 4.03. The quantitative estimate of drug-likeness (QED) is 0.605. The Morgan fingerprint density at radius 3 is 2.55 bits per heavy atom. The molecule has 0 aliphatic heterocycles. The van der Waals surface area contributed by atoms with Gasteiger partial charge in [0, 0.05) is 17.7 Å². The van der Waals surface area contributed by atoms with Crippen LogP contribution in [0, 0.1) is 5.92 Å². The Hall–Kier alpha value is -3.00. The topological polar surface area (TPSA) is 102 Å². The second kappa shape index (κ2) is 9.00. The maximum atomic E-state index is 12.6. The fraction of sp³-hybridized carbons (Fsp3) is 0.286. The molecule has 3 aromatic rings. The van der Waals surface area contributed by atoms with Crippen molar-refractivity contribution in [1.82, 2.24) is 10.1 Å². The van der Waals surface area contributed by atoms with Gasteiger partial charge in [0.05, 0.1) is 5.75 Å². The van der Waals surface area contributed by atoms with E-state index in [2.05, 4.69) is 15.5 Å². The molecule has 1 amide bonds. The number of para-hydroxylation sites is 1. The largest absolute Gasteiger partial charge is 0.339 e. The fourth-order valence-corrected chi connectivity index (χ4v) is 4.11. The van der Waals surface area contributed by atoms with E-state index in [1.807, 2.05) is 32.0 Å². The third-order valence-electron chi connectivity index (χ3n) is 4.05. The summed E-state index contributed by atoms with van der Waals surface area (Å²) in [6.07, 6.45) is 0.603. The molecular formula is C21H23N3O4S. The number of rotatable bonds is 8. The zero-order valence-electron chi connectivity index (χ0n) is 16.3. The average molecular weight is 413 g/mol. The standard InChI is InChI=1S/C21H23N3O4S/c1-15(2)11-20-23-19(24-28-20)14-29(26,27)13-16-7-6-8-17(12-16)21(25)22-18-9-4-3-5-10-18/h3-10,12,15H,11,13-14H2,1-2H3,(H,22,25). The number of nitrogens with one attached hydrogen (secondary N) is 1. The molecule has 0 unspecified atom stereocenters. The van der Waals surface area contributed by atoms with E-state index in [1.165, 1.54) is 0 Å². The molecule has 2 aromatic carbocycles. The molecule has 3 rings (SSSR count). The Bertz CT molecular complexity index is 1080. The smallest absolute Gasteiger partial charge is 0.255 e. The number of benzene rings is 2. The third-order valence-corrected chi connectivity index (χ3v) is 5.52. The van der Waals surface area contributed by atoms with Crippen molar-refractivity contribution in [1.29, 1.82) is 0 Å². The van der Waals surface area contributed by atoms with Crippen molar-refractivity contribution in [2.24, 2.45) is 5.92 Å². The summed E-state index contributed by atoms with van der Waals surface area (Å²) >= 11 is 0. The van der Waals surface area contributed by atoms with Crippen molar-refractivity contribution in [2.75, 3.05) is 5.32 Å². The molecule has 0 saturated heterocycles. The van der Waals surface area contributed by atoms with E-state index >= 15 is 0 Å². The summed E-state index contributed by atoms with van der Waals surface area (Å²) in [4.78, 5) is 16.6. The first-order valence-electron chi connectivity index (χ1n) is 9.28. The molecule has 29 heavy (non-hydrogen) atoms. The minimum atomic E-state index is -3.52. The lowest BCUT2D eigenvalue weighted by Crippen LogP contribution is -2.13. The molecule has 0 fully saturated rings. The summed E-state index contributed by atoms with van der Waals surface area (Å²) in [7, 11) is -3.52. The van der Waals surface area contributed by atoms with Crippen molar-refractivity contribution in [3.63, 3.8) is 0 Å². The molecule has 1 heterocycles. The molecule has 0 aliphatic rings. The molecule has 1 aromatic heterocycles. The molecule has 0 spiro atoms. The van der Waals surface area contributed by atoms with Gasteiger partial charge in [-0.2, -0.15) is 4.98 Å². The van der Waals surface area contributed by atoms with Gasteiger partial charge in [0.2, 0.25) is 5.89 Å². The molecule has 7 nitrogen and oxygen atoms in total. The average Bonchev–Trinajstić information content (AvgIpc) is 3.07. The molecule has 8 heteroatoms. The number of carbonyl (C=O) groups is 1. The van der Waals surface area contributed by atoms with Crippen molar-refractivity contribution < 1.29 is 17.7 Å². The van der Waals surface area contributed by atoms with Crippen LogP contribution in [0.4, 0.5) is 5.69 Å². The van der Waals surface area contributed by atoms with Crippen molar-refractivity contribution in [3.05, 3.63) is 77.4 Å². The first-order chi connectivity index (χ1) is 13.8. The Balaban J connectivity index is 1.67. The minimum Gasteiger partial charge on any atom is -0.339 e. The lowest BCUT2D eigenvalue weighted by molar-refractivity contribution is 0.102. The zero-order chi connectivity index (χ0) is 20.9. The highest BCUT2D eigenvalue weighted by Gasteiger charge is 2.19. The van der Waals surface area contributed by atoms with Crippen LogP contribution < -0.4 is 5.32 Å². The molecule has 0 aliphatic carbocycles. The second-order valence-corrected chi connectivity index (χ2v) is 9.32. The van der Waals surface area contributed by atoms with Crippen LogP contribution in [-0.4, -0.2) is 24.5 Å². The van der Waals surface area contributed by atoms with Gasteiger partial charge in [-0.05, 0) is 35.7 Å². The molecule has 1 N–H and O–H groups in total. The number of aromatic nitrogens is 2. The molecular weight excluding hydrogens is 390 g/mol. The monoisotopic (exact) mass is 413 g/mol. The lowest BCUT2D eigenvalue weighted by atomic mass is 10.1. The van der Waals surface area contributed by atoms with Crippen LogP contribution in [0.2, 0.25) is 0 Å². The minimum absolute atomic E-state index is 0.152. The third kappa shape index (κ3) is 6.25. The van der Waals surface area contributed by atoms with Crippen LogP contribution in [0.15, 0.2) is 59.1 Å². The summed E-state index contributed by atoms with van der Waals surface area (Å²) < 4.78 is 30.2. The maximum absolute atomic E-state index is 12.6. The number of hydrogen-bond acceptors (Lipinski definition) is 6. The van der Waals surface area contributed by atoms with E-state index in [0.717, 1.165) is 0 Å². The van der Waals surface area contributed by atoms with Crippen LogP contribution in [0.1, 0.15) is 41.5 Å². The second-order valence-electron chi connectivity index (χ2n) is 7.26. The molecule has 0 radical (unpaired) electrons. The summed E-state index contributed by atoms with van der Waals surface area (Å²) in [6, 6.07) is 15.6. The number of amides is 1. The van der Waals surface area contributed by atoms with Crippen molar-refractivity contribution in [2.45, 2.75) is 31.8 Å². The van der Waals surface area contributed by atoms with Crippen LogP contribution in [0.3, 0.4) is 0 Å². The van der Waals surface area contributed by atoms with Gasteiger partial charge < -0.3 is 9.84 Å². The molecule has 0 atom stereocenters. The summed E-state index contributed by atoms with van der Waals surface area (Å²) in [5.74, 6) is 0.0998. The lowest BCUT2D eigenvalue weighted by Gasteiger charge is -2.07. The fourth-order valence-electron chi connectivity index (χ4n) is 2.81. The number of hydrogen-bond donors (Lipinski definition) is 1. The Kier molecular flexibility index (Phi) is 6.43. The predicted molar refractivity (Wildman–Crippen MR) is 110 cm³/mol. The molecule has 152 valence electrons. The summed E-state index contributed by atoms with van der Waals surface area (Å²) in [5, 5.41) is 6.54. The Morgan fingerprint density at radius 1 is 1.07 bits per heavy atom. The van der Waals surface area contributed by atoms with E-state index in [4.69, 9.17) is 4.52 Å². The van der Waals surface area contributed by atoms with Gasteiger partial charge >= 0.3 is 0 Å². The van der Waals surface area contributed by atoms with E-state index in [-0.39, 0.29) is 23.2 Å². The maximum Gasteiger partial charge on any atom is 0.255 e. The van der Waals surface area contributed by atoms with Gasteiger partial charge in [-0.3, -0.25) is 4.79 Å². The van der Waals surface area contributed by atoms with Gasteiger partial charge in [-0.25, -0.2) is 8.42 Å². The van der Waals surface area contributed by atoms with Gasteiger partial charge in [-0.15, -0.1) is 0 Å². The van der Waals surface area contributed by atoms with Crippen LogP contribution in [0.25, 0.3) is 0 Å². The Morgan fingerprint density at radius 2 is 1.83 bits per heavy atom.